The fraction of sp³-hybridized carbons (Fsp3) is 0.0667. The van der Waals surface area contributed by atoms with Crippen LogP contribution in [0, 0.1) is 0 Å². The Morgan fingerprint density at radius 1 is 0.816 bits per heavy atom. The molecular weight excluding hydrogens is 626 g/mol. The molecule has 1 atom stereocenters. The molecule has 1 unspecified atom stereocenters. The number of halogens is 2. The second kappa shape index (κ2) is 10.4. The van der Waals surface area contributed by atoms with Crippen molar-refractivity contribution in [2.45, 2.75) is 11.9 Å². The van der Waals surface area contributed by atoms with Crippen LogP contribution < -0.4 is 5.43 Å². The van der Waals surface area contributed by atoms with E-state index < -0.39 is 0 Å². The lowest BCUT2D eigenvalue weighted by Gasteiger charge is -2.24. The number of carbonyl (C=O) groups is 2. The quantitative estimate of drug-likeness (QED) is 0.200. The number of carbonyl (C=O) groups excluding carboxylic acids is 2. The number of amides is 2. The van der Waals surface area contributed by atoms with Gasteiger partial charge in [-0.2, -0.15) is 0 Å². The van der Waals surface area contributed by atoms with E-state index in [2.05, 4.69) is 49.4 Å². The molecule has 2 heterocycles. The van der Waals surface area contributed by atoms with Crippen LogP contribution in [-0.2, 0) is 16.1 Å². The van der Waals surface area contributed by atoms with Crippen molar-refractivity contribution in [2.75, 3.05) is 0 Å². The summed E-state index contributed by atoms with van der Waals surface area (Å²) in [7, 11) is 0. The largest absolute Gasteiger partial charge is 0.331 e. The van der Waals surface area contributed by atoms with Crippen molar-refractivity contribution < 1.29 is 9.59 Å². The van der Waals surface area contributed by atoms with Crippen molar-refractivity contribution in [3.8, 4) is 0 Å². The molecule has 5 aromatic rings. The Morgan fingerprint density at radius 2 is 1.37 bits per heavy atom. The van der Waals surface area contributed by atoms with Gasteiger partial charge in [-0.15, -0.1) is 0 Å². The Kier molecular flexibility index (Phi) is 6.86. The van der Waals surface area contributed by atoms with Crippen LogP contribution in [0.3, 0.4) is 0 Å². The van der Waals surface area contributed by atoms with Gasteiger partial charge in [-0.3, -0.25) is 15.0 Å². The number of thioether (sulfide) groups is 1. The normalized spacial score (nSPS) is 16.6. The summed E-state index contributed by atoms with van der Waals surface area (Å²) < 4.78 is 3.92. The molecule has 6 rings (SSSR count). The Hall–Kier alpha value is -3.33. The molecule has 0 bridgehead atoms. The fourth-order valence-electron chi connectivity index (χ4n) is 4.70. The van der Waals surface area contributed by atoms with Crippen LogP contribution in [0.1, 0.15) is 16.5 Å². The number of nitrogens with zero attached hydrogens (tertiary/aromatic N) is 2. The van der Waals surface area contributed by atoms with Crippen LogP contribution in [0.2, 0.25) is 0 Å². The molecule has 1 saturated heterocycles. The molecule has 2 amide bonds. The molecule has 0 aliphatic carbocycles. The second-order valence-corrected chi connectivity index (χ2v) is 11.9. The van der Waals surface area contributed by atoms with Crippen LogP contribution in [-0.4, -0.2) is 21.4 Å². The molecular formula is C30H21Br2N3O2S. The topological polar surface area (TPSA) is 54.3 Å². The molecule has 4 aromatic carbocycles. The molecule has 1 aliphatic heterocycles. The first kappa shape index (κ1) is 25.0. The smallest absolute Gasteiger partial charge is 0.280 e. The zero-order valence-corrected chi connectivity index (χ0v) is 24.0. The van der Waals surface area contributed by atoms with Gasteiger partial charge < -0.3 is 4.57 Å². The van der Waals surface area contributed by atoms with E-state index >= 15 is 0 Å². The Morgan fingerprint density at radius 3 is 1.97 bits per heavy atom. The number of hydrogen-bond acceptors (Lipinski definition) is 3. The number of rotatable bonds is 5. The SMILES string of the molecule is O=C(Cn1c2ccccc2c2ccccc21)NN1C(=O)/C(=C/c2ccc(Br)cc2)SC1c1ccc(Br)cc1. The van der Waals surface area contributed by atoms with Gasteiger partial charge >= 0.3 is 0 Å². The molecule has 188 valence electrons. The number of benzene rings is 4. The van der Waals surface area contributed by atoms with Gasteiger partial charge in [-0.1, -0.05) is 104 Å². The number of para-hydroxylation sites is 2. The van der Waals surface area contributed by atoms with E-state index in [0.29, 0.717) is 4.91 Å². The van der Waals surface area contributed by atoms with Crippen LogP contribution in [0.15, 0.2) is 111 Å². The van der Waals surface area contributed by atoms with Crippen LogP contribution in [0.25, 0.3) is 27.9 Å². The first-order chi connectivity index (χ1) is 18.5. The van der Waals surface area contributed by atoms with E-state index in [0.717, 1.165) is 41.9 Å². The summed E-state index contributed by atoms with van der Waals surface area (Å²) in [6.07, 6.45) is 1.87. The summed E-state index contributed by atoms with van der Waals surface area (Å²) in [6.45, 7) is 0.0846. The molecule has 5 nitrogen and oxygen atoms in total. The number of fused-ring (bicyclic) bond motifs is 3. The van der Waals surface area contributed by atoms with Crippen molar-refractivity contribution in [3.05, 3.63) is 122 Å². The van der Waals surface area contributed by atoms with Gasteiger partial charge in [0.1, 0.15) is 11.9 Å². The van der Waals surface area contributed by atoms with Gasteiger partial charge in [0.2, 0.25) is 0 Å². The third kappa shape index (κ3) is 4.79. The first-order valence-electron chi connectivity index (χ1n) is 12.0. The van der Waals surface area contributed by atoms with Gasteiger partial charge in [0.05, 0.1) is 4.91 Å². The molecule has 0 radical (unpaired) electrons. The second-order valence-electron chi connectivity index (χ2n) is 8.91. The predicted octanol–water partition coefficient (Wildman–Crippen LogP) is 7.67. The minimum Gasteiger partial charge on any atom is -0.331 e. The zero-order valence-electron chi connectivity index (χ0n) is 20.0. The summed E-state index contributed by atoms with van der Waals surface area (Å²) in [5.74, 6) is -0.501. The lowest BCUT2D eigenvalue weighted by atomic mass is 10.2. The van der Waals surface area contributed by atoms with Crippen LogP contribution >= 0.6 is 43.6 Å². The van der Waals surface area contributed by atoms with Crippen molar-refractivity contribution in [3.63, 3.8) is 0 Å². The van der Waals surface area contributed by atoms with E-state index in [1.54, 1.807) is 0 Å². The summed E-state index contributed by atoms with van der Waals surface area (Å²) in [5.41, 5.74) is 6.72. The average Bonchev–Trinajstić information content (AvgIpc) is 3.41. The third-order valence-electron chi connectivity index (χ3n) is 6.45. The highest BCUT2D eigenvalue weighted by Gasteiger charge is 2.38. The number of aromatic nitrogens is 1. The van der Waals surface area contributed by atoms with Crippen LogP contribution in [0.5, 0.6) is 0 Å². The summed E-state index contributed by atoms with van der Waals surface area (Å²) >= 11 is 8.36. The Labute approximate surface area is 240 Å². The molecule has 38 heavy (non-hydrogen) atoms. The highest BCUT2D eigenvalue weighted by Crippen LogP contribution is 2.45. The molecule has 1 aliphatic rings. The maximum atomic E-state index is 13.6. The molecule has 0 saturated carbocycles. The molecule has 0 spiro atoms. The van der Waals surface area contributed by atoms with E-state index in [-0.39, 0.29) is 23.7 Å². The van der Waals surface area contributed by atoms with Gasteiger partial charge in [-0.05, 0) is 53.6 Å². The number of hydrogen-bond donors (Lipinski definition) is 1. The number of nitrogens with one attached hydrogen (secondary N) is 1. The summed E-state index contributed by atoms with van der Waals surface area (Å²) in [5, 5.41) is 3.25. The minimum absolute atomic E-state index is 0.0846. The van der Waals surface area contributed by atoms with Crippen molar-refractivity contribution >= 4 is 83.3 Å². The summed E-state index contributed by atoms with van der Waals surface area (Å²) in [4.78, 5) is 27.6. The van der Waals surface area contributed by atoms with Gasteiger partial charge in [0, 0.05) is 30.8 Å². The first-order valence-corrected chi connectivity index (χ1v) is 14.4. The average molecular weight is 647 g/mol. The maximum Gasteiger partial charge on any atom is 0.280 e. The van der Waals surface area contributed by atoms with Crippen molar-refractivity contribution in [1.82, 2.24) is 15.0 Å². The van der Waals surface area contributed by atoms with Crippen molar-refractivity contribution in [2.24, 2.45) is 0 Å². The molecule has 1 fully saturated rings. The fourth-order valence-corrected chi connectivity index (χ4v) is 6.42. The maximum absolute atomic E-state index is 13.6. The van der Waals surface area contributed by atoms with E-state index in [4.69, 9.17) is 0 Å². The minimum atomic E-state index is -0.389. The highest BCUT2D eigenvalue weighted by atomic mass is 79.9. The van der Waals surface area contributed by atoms with Crippen LogP contribution in [0.4, 0.5) is 0 Å². The van der Waals surface area contributed by atoms with Gasteiger partial charge in [0.25, 0.3) is 11.8 Å². The monoisotopic (exact) mass is 645 g/mol. The Bertz CT molecular complexity index is 1660. The van der Waals surface area contributed by atoms with Gasteiger partial charge in [-0.25, -0.2) is 5.01 Å². The molecule has 1 N–H and O–H groups in total. The Balaban J connectivity index is 1.32. The molecule has 8 heteroatoms. The highest BCUT2D eigenvalue weighted by molar-refractivity contribution is 9.10. The predicted molar refractivity (Wildman–Crippen MR) is 161 cm³/mol. The number of hydrazine groups is 1. The molecule has 1 aromatic heterocycles. The van der Waals surface area contributed by atoms with E-state index in [1.165, 1.54) is 16.8 Å². The standard InChI is InChI=1S/C30H21Br2N3O2S/c31-21-13-9-19(10-14-21)17-27-29(37)35(30(38-27)20-11-15-22(32)16-12-20)33-28(36)18-34-25-7-3-1-5-23(25)24-6-2-4-8-26(24)34/h1-17,30H,18H2,(H,33,36)/b27-17-. The zero-order chi connectivity index (χ0) is 26.2. The van der Waals surface area contributed by atoms with Gasteiger partial charge in [0.15, 0.2) is 0 Å². The summed E-state index contributed by atoms with van der Waals surface area (Å²) in [6, 6.07) is 31.7. The lowest BCUT2D eigenvalue weighted by molar-refractivity contribution is -0.138. The lowest BCUT2D eigenvalue weighted by Crippen LogP contribution is -2.45. The van der Waals surface area contributed by atoms with Crippen molar-refractivity contribution in [1.29, 1.82) is 0 Å². The van der Waals surface area contributed by atoms with E-state index in [1.807, 2.05) is 95.6 Å². The van der Waals surface area contributed by atoms with E-state index in [9.17, 15) is 9.59 Å². The third-order valence-corrected chi connectivity index (χ3v) is 8.76.